The topological polar surface area (TPSA) is 54.4 Å². The van der Waals surface area contributed by atoms with Gasteiger partial charge in [-0.2, -0.15) is 0 Å². The normalized spacial score (nSPS) is 16.1. The van der Waals surface area contributed by atoms with E-state index in [4.69, 9.17) is 0 Å². The van der Waals surface area contributed by atoms with Gasteiger partial charge in [-0.15, -0.1) is 0 Å². The summed E-state index contributed by atoms with van der Waals surface area (Å²) in [6, 6.07) is 9.37. The second kappa shape index (κ2) is 5.05. The van der Waals surface area contributed by atoms with Crippen LogP contribution in [0.1, 0.15) is 11.1 Å². The summed E-state index contributed by atoms with van der Waals surface area (Å²) in [5, 5.41) is 2.66. The molecule has 0 spiro atoms. The Labute approximate surface area is 114 Å². The van der Waals surface area contributed by atoms with Crippen molar-refractivity contribution in [1.82, 2.24) is 10.3 Å². The molecule has 0 aliphatic carbocycles. The van der Waals surface area contributed by atoms with E-state index in [1.54, 1.807) is 42.7 Å². The van der Waals surface area contributed by atoms with E-state index in [9.17, 15) is 9.18 Å². The fourth-order valence-corrected chi connectivity index (χ4v) is 1.83. The summed E-state index contributed by atoms with van der Waals surface area (Å²) in [5.74, 6) is -0.178. The maximum Gasteiger partial charge on any atom is 0.275 e. The number of nitrogens with zero attached hydrogens (tertiary/aromatic N) is 2. The fourth-order valence-electron chi connectivity index (χ4n) is 1.83. The summed E-state index contributed by atoms with van der Waals surface area (Å²) in [5.41, 5.74) is 1.82. The molecule has 0 atom stereocenters. The van der Waals surface area contributed by atoms with Crippen LogP contribution in [0.3, 0.4) is 0 Å². The molecule has 98 valence electrons. The Hall–Kier alpha value is -2.82. The van der Waals surface area contributed by atoms with E-state index >= 15 is 0 Å². The van der Waals surface area contributed by atoms with Crippen LogP contribution in [0.4, 0.5) is 4.39 Å². The lowest BCUT2D eigenvalue weighted by atomic mass is 10.2. The van der Waals surface area contributed by atoms with Crippen molar-refractivity contribution >= 4 is 17.8 Å². The lowest BCUT2D eigenvalue weighted by molar-refractivity contribution is -0.115. The van der Waals surface area contributed by atoms with Gasteiger partial charge in [0.25, 0.3) is 5.91 Å². The van der Waals surface area contributed by atoms with E-state index in [-0.39, 0.29) is 11.7 Å². The second-order valence-electron chi connectivity index (χ2n) is 4.23. The predicted octanol–water partition coefficient (Wildman–Crippen LogP) is 2.14. The van der Waals surface area contributed by atoms with E-state index in [1.807, 2.05) is 0 Å². The molecule has 0 fully saturated rings. The molecule has 0 bridgehead atoms. The minimum Gasteiger partial charge on any atom is -0.305 e. The van der Waals surface area contributed by atoms with Crippen LogP contribution in [0, 0.1) is 5.82 Å². The number of nitrogens with one attached hydrogen (secondary N) is 1. The summed E-state index contributed by atoms with van der Waals surface area (Å²) in [4.78, 5) is 20.0. The smallest absolute Gasteiger partial charge is 0.275 e. The van der Waals surface area contributed by atoms with E-state index in [0.29, 0.717) is 17.1 Å². The number of hydrogen-bond donors (Lipinski definition) is 1. The highest BCUT2D eigenvalue weighted by atomic mass is 19.1. The number of hydrogen-bond acceptors (Lipinski definition) is 3. The van der Waals surface area contributed by atoms with Crippen molar-refractivity contribution in [3.8, 4) is 0 Å². The number of carbonyl (C=O) groups excluding carboxylic acids is 1. The summed E-state index contributed by atoms with van der Waals surface area (Å²) in [6.45, 7) is 0. The molecule has 1 N–H and O–H groups in total. The number of rotatable bonds is 2. The highest BCUT2D eigenvalue weighted by molar-refractivity contribution is 6.19. The predicted molar refractivity (Wildman–Crippen MR) is 73.3 cm³/mol. The second-order valence-corrected chi connectivity index (χ2v) is 4.23. The molecule has 2 aromatic rings. The minimum absolute atomic E-state index is 0.277. The van der Waals surface area contributed by atoms with Crippen molar-refractivity contribution in [2.24, 2.45) is 4.99 Å². The van der Waals surface area contributed by atoms with Crippen LogP contribution in [0.25, 0.3) is 6.08 Å². The van der Waals surface area contributed by atoms with Gasteiger partial charge in [-0.05, 0) is 48.0 Å². The molecule has 0 saturated heterocycles. The Bertz CT molecular complexity index is 706. The third kappa shape index (κ3) is 2.47. The summed E-state index contributed by atoms with van der Waals surface area (Å²) in [7, 11) is 0. The molecule has 5 heteroatoms. The third-order valence-electron chi connectivity index (χ3n) is 2.82. The molecular weight excluding hydrogens is 257 g/mol. The van der Waals surface area contributed by atoms with Crippen LogP contribution in [0.5, 0.6) is 0 Å². The number of aromatic nitrogens is 1. The number of benzene rings is 1. The molecule has 1 aliphatic heterocycles. The standard InChI is InChI=1S/C15H10FN3O/c16-12-3-1-11(2-4-12)14-18-13(15(20)19-14)9-10-5-7-17-8-6-10/h1-9H,(H,18,19,20)/b13-9+. The third-order valence-corrected chi connectivity index (χ3v) is 2.82. The highest BCUT2D eigenvalue weighted by Crippen LogP contribution is 2.14. The largest absolute Gasteiger partial charge is 0.305 e. The Kier molecular flexibility index (Phi) is 3.09. The molecular formula is C15H10FN3O. The number of amidine groups is 1. The van der Waals surface area contributed by atoms with E-state index in [1.165, 1.54) is 12.1 Å². The number of amides is 1. The average molecular weight is 267 g/mol. The maximum atomic E-state index is 12.9. The molecule has 1 aromatic heterocycles. The molecule has 3 rings (SSSR count). The SMILES string of the molecule is O=C1NC(c2ccc(F)cc2)=N/C1=C/c1ccncc1. The quantitative estimate of drug-likeness (QED) is 0.847. The molecule has 1 amide bonds. The van der Waals surface area contributed by atoms with E-state index < -0.39 is 0 Å². The molecule has 0 saturated carbocycles. The van der Waals surface area contributed by atoms with Gasteiger partial charge in [0.1, 0.15) is 17.3 Å². The molecule has 1 aromatic carbocycles. The first-order valence-electron chi connectivity index (χ1n) is 6.00. The Morgan fingerprint density at radius 2 is 1.75 bits per heavy atom. The van der Waals surface area contributed by atoms with Crippen LogP contribution < -0.4 is 5.32 Å². The first-order valence-corrected chi connectivity index (χ1v) is 6.00. The summed E-state index contributed by atoms with van der Waals surface area (Å²) in [6.07, 6.45) is 4.96. The first kappa shape index (κ1) is 12.2. The van der Waals surface area contributed by atoms with Crippen molar-refractivity contribution in [2.45, 2.75) is 0 Å². The van der Waals surface area contributed by atoms with Gasteiger partial charge >= 0.3 is 0 Å². The van der Waals surface area contributed by atoms with E-state index in [0.717, 1.165) is 5.56 Å². The summed E-state index contributed by atoms with van der Waals surface area (Å²) >= 11 is 0. The minimum atomic E-state index is -0.328. The molecule has 0 unspecified atom stereocenters. The van der Waals surface area contributed by atoms with Crippen LogP contribution in [0.15, 0.2) is 59.5 Å². The first-order chi connectivity index (χ1) is 9.72. The molecule has 1 aliphatic rings. The number of carbonyl (C=O) groups is 1. The number of halogens is 1. The number of pyridine rings is 1. The highest BCUT2D eigenvalue weighted by Gasteiger charge is 2.20. The lowest BCUT2D eigenvalue weighted by Gasteiger charge is -1.99. The van der Waals surface area contributed by atoms with Crippen LogP contribution in [-0.4, -0.2) is 16.7 Å². The Balaban J connectivity index is 1.93. The Morgan fingerprint density at radius 1 is 1.05 bits per heavy atom. The molecule has 0 radical (unpaired) electrons. The lowest BCUT2D eigenvalue weighted by Crippen LogP contribution is -2.24. The van der Waals surface area contributed by atoms with Crippen LogP contribution in [-0.2, 0) is 4.79 Å². The fraction of sp³-hybridized carbons (Fsp3) is 0. The van der Waals surface area contributed by atoms with Gasteiger partial charge in [0.15, 0.2) is 0 Å². The molecule has 4 nitrogen and oxygen atoms in total. The summed E-state index contributed by atoms with van der Waals surface area (Å²) < 4.78 is 12.9. The van der Waals surface area contributed by atoms with Crippen LogP contribution >= 0.6 is 0 Å². The van der Waals surface area contributed by atoms with Gasteiger partial charge in [-0.3, -0.25) is 9.78 Å². The van der Waals surface area contributed by atoms with Gasteiger partial charge in [0, 0.05) is 18.0 Å². The molecule has 2 heterocycles. The van der Waals surface area contributed by atoms with Gasteiger partial charge in [-0.25, -0.2) is 9.38 Å². The number of aliphatic imine (C=N–C) groups is 1. The van der Waals surface area contributed by atoms with Crippen molar-refractivity contribution in [3.05, 3.63) is 71.4 Å². The average Bonchev–Trinajstić information content (AvgIpc) is 2.82. The molecule has 20 heavy (non-hydrogen) atoms. The van der Waals surface area contributed by atoms with Crippen molar-refractivity contribution in [3.63, 3.8) is 0 Å². The van der Waals surface area contributed by atoms with E-state index in [2.05, 4.69) is 15.3 Å². The Morgan fingerprint density at radius 3 is 2.45 bits per heavy atom. The van der Waals surface area contributed by atoms with Gasteiger partial charge < -0.3 is 5.32 Å². The van der Waals surface area contributed by atoms with Gasteiger partial charge in [0.05, 0.1) is 0 Å². The zero-order valence-electron chi connectivity index (χ0n) is 10.4. The van der Waals surface area contributed by atoms with Crippen molar-refractivity contribution in [2.75, 3.05) is 0 Å². The van der Waals surface area contributed by atoms with Crippen LogP contribution in [0.2, 0.25) is 0 Å². The van der Waals surface area contributed by atoms with Gasteiger partial charge in [0.2, 0.25) is 0 Å². The van der Waals surface area contributed by atoms with Gasteiger partial charge in [-0.1, -0.05) is 0 Å². The van der Waals surface area contributed by atoms with Crippen molar-refractivity contribution in [1.29, 1.82) is 0 Å². The zero-order chi connectivity index (χ0) is 13.9. The van der Waals surface area contributed by atoms with Crippen molar-refractivity contribution < 1.29 is 9.18 Å². The maximum absolute atomic E-state index is 12.9. The zero-order valence-corrected chi connectivity index (χ0v) is 10.4. The monoisotopic (exact) mass is 267 g/mol.